The molecular weight excluding hydrogens is 260 g/mol. The van der Waals surface area contributed by atoms with Crippen molar-refractivity contribution < 1.29 is 0 Å². The van der Waals surface area contributed by atoms with Crippen LogP contribution in [0, 0.1) is 0 Å². The Labute approximate surface area is 126 Å². The van der Waals surface area contributed by atoms with Crippen molar-refractivity contribution in [2.24, 2.45) is 0 Å². The molecule has 0 spiro atoms. The number of benzene rings is 1. The number of nitrogens with zero attached hydrogens (tertiary/aromatic N) is 2. The standard InChI is InChI=1S/C17H22N4/c1-2-5-14(6-3-1)8-10-19-17-13-20-16(12-21-17)15-7-4-9-18-11-15/h1-3,5-6,12-13,15,18H,4,7-11H2,(H,19,21). The first-order chi connectivity index (χ1) is 10.4. The van der Waals surface area contributed by atoms with Gasteiger partial charge in [0.05, 0.1) is 18.1 Å². The molecule has 1 atom stereocenters. The third-order valence-corrected chi connectivity index (χ3v) is 3.95. The second kappa shape index (κ2) is 7.18. The number of piperidine rings is 1. The molecular formula is C17H22N4. The van der Waals surface area contributed by atoms with Crippen molar-refractivity contribution in [1.29, 1.82) is 0 Å². The lowest BCUT2D eigenvalue weighted by Gasteiger charge is -2.21. The van der Waals surface area contributed by atoms with Crippen LogP contribution in [0.2, 0.25) is 0 Å². The van der Waals surface area contributed by atoms with Crippen LogP contribution in [-0.2, 0) is 6.42 Å². The van der Waals surface area contributed by atoms with Crippen molar-refractivity contribution in [3.63, 3.8) is 0 Å². The van der Waals surface area contributed by atoms with Gasteiger partial charge in [-0.2, -0.15) is 0 Å². The van der Waals surface area contributed by atoms with Gasteiger partial charge in [-0.1, -0.05) is 30.3 Å². The highest BCUT2D eigenvalue weighted by atomic mass is 15.0. The first kappa shape index (κ1) is 14.0. The van der Waals surface area contributed by atoms with Gasteiger partial charge in [-0.3, -0.25) is 4.98 Å². The summed E-state index contributed by atoms with van der Waals surface area (Å²) >= 11 is 0. The fourth-order valence-corrected chi connectivity index (χ4v) is 2.72. The van der Waals surface area contributed by atoms with Crippen molar-refractivity contribution in [2.45, 2.75) is 25.2 Å². The maximum absolute atomic E-state index is 4.56. The van der Waals surface area contributed by atoms with Crippen LogP contribution in [0.4, 0.5) is 5.82 Å². The topological polar surface area (TPSA) is 49.8 Å². The normalized spacial score (nSPS) is 18.4. The zero-order valence-electron chi connectivity index (χ0n) is 12.3. The summed E-state index contributed by atoms with van der Waals surface area (Å²) in [6, 6.07) is 10.5. The van der Waals surface area contributed by atoms with Crippen LogP contribution >= 0.6 is 0 Å². The van der Waals surface area contributed by atoms with E-state index in [1.807, 2.05) is 18.5 Å². The summed E-state index contributed by atoms with van der Waals surface area (Å²) in [5, 5.41) is 6.75. The largest absolute Gasteiger partial charge is 0.368 e. The Kier molecular flexibility index (Phi) is 4.79. The number of rotatable bonds is 5. The molecule has 1 fully saturated rings. The predicted molar refractivity (Wildman–Crippen MR) is 85.5 cm³/mol. The van der Waals surface area contributed by atoms with Gasteiger partial charge >= 0.3 is 0 Å². The Morgan fingerprint density at radius 1 is 1.14 bits per heavy atom. The second-order valence-corrected chi connectivity index (χ2v) is 5.53. The lowest BCUT2D eigenvalue weighted by molar-refractivity contribution is 0.454. The SMILES string of the molecule is c1ccc(CCNc2cnc(C3CCCNC3)cn2)cc1. The number of hydrogen-bond acceptors (Lipinski definition) is 4. The highest BCUT2D eigenvalue weighted by molar-refractivity contribution is 5.32. The predicted octanol–water partition coefficient (Wildman–Crippen LogP) is 2.60. The molecule has 1 unspecified atom stereocenters. The molecule has 2 N–H and O–H groups in total. The van der Waals surface area contributed by atoms with Crippen molar-refractivity contribution in [3.8, 4) is 0 Å². The first-order valence-electron chi connectivity index (χ1n) is 7.72. The molecule has 21 heavy (non-hydrogen) atoms. The van der Waals surface area contributed by atoms with Crippen LogP contribution in [0.3, 0.4) is 0 Å². The minimum Gasteiger partial charge on any atom is -0.368 e. The fourth-order valence-electron chi connectivity index (χ4n) is 2.72. The molecule has 1 aliphatic heterocycles. The van der Waals surface area contributed by atoms with Crippen molar-refractivity contribution in [3.05, 3.63) is 54.0 Å². The van der Waals surface area contributed by atoms with Gasteiger partial charge in [-0.25, -0.2) is 4.98 Å². The monoisotopic (exact) mass is 282 g/mol. The molecule has 1 aromatic carbocycles. The van der Waals surface area contributed by atoms with E-state index in [0.717, 1.165) is 37.6 Å². The van der Waals surface area contributed by atoms with Gasteiger partial charge in [0, 0.05) is 19.0 Å². The quantitative estimate of drug-likeness (QED) is 0.885. The molecule has 2 heterocycles. The molecule has 0 radical (unpaired) electrons. The Morgan fingerprint density at radius 2 is 2.05 bits per heavy atom. The number of anilines is 1. The van der Waals surface area contributed by atoms with Crippen molar-refractivity contribution >= 4 is 5.82 Å². The van der Waals surface area contributed by atoms with Crippen LogP contribution in [0.1, 0.15) is 30.0 Å². The minimum absolute atomic E-state index is 0.518. The number of hydrogen-bond donors (Lipinski definition) is 2. The Bertz CT molecular complexity index is 532. The lowest BCUT2D eigenvalue weighted by atomic mass is 9.97. The van der Waals surface area contributed by atoms with Gasteiger partial charge in [0.2, 0.25) is 0 Å². The molecule has 4 heteroatoms. The summed E-state index contributed by atoms with van der Waals surface area (Å²) in [7, 11) is 0. The summed E-state index contributed by atoms with van der Waals surface area (Å²) in [4.78, 5) is 9.05. The van der Waals surface area contributed by atoms with Gasteiger partial charge in [0.25, 0.3) is 0 Å². The smallest absolute Gasteiger partial charge is 0.144 e. The molecule has 110 valence electrons. The number of nitrogens with one attached hydrogen (secondary N) is 2. The van der Waals surface area contributed by atoms with E-state index >= 15 is 0 Å². The van der Waals surface area contributed by atoms with E-state index < -0.39 is 0 Å². The summed E-state index contributed by atoms with van der Waals surface area (Å²) < 4.78 is 0. The van der Waals surface area contributed by atoms with E-state index in [0.29, 0.717) is 5.92 Å². The highest BCUT2D eigenvalue weighted by Gasteiger charge is 2.16. The van der Waals surface area contributed by atoms with Gasteiger partial charge in [0.15, 0.2) is 0 Å². The molecule has 1 aliphatic rings. The zero-order chi connectivity index (χ0) is 14.3. The summed E-state index contributed by atoms with van der Waals surface area (Å²) in [5.74, 6) is 1.38. The van der Waals surface area contributed by atoms with E-state index in [2.05, 4.69) is 44.9 Å². The first-order valence-corrected chi connectivity index (χ1v) is 7.72. The Hall–Kier alpha value is -1.94. The van der Waals surface area contributed by atoms with Crippen molar-refractivity contribution in [1.82, 2.24) is 15.3 Å². The Morgan fingerprint density at radius 3 is 2.76 bits per heavy atom. The average Bonchev–Trinajstić information content (AvgIpc) is 2.57. The molecule has 1 saturated heterocycles. The summed E-state index contributed by atoms with van der Waals surface area (Å²) in [6.07, 6.45) is 7.21. The third-order valence-electron chi connectivity index (χ3n) is 3.95. The van der Waals surface area contributed by atoms with Gasteiger partial charge in [-0.05, 0) is 31.4 Å². The van der Waals surface area contributed by atoms with Crippen LogP contribution in [0.15, 0.2) is 42.7 Å². The molecule has 0 amide bonds. The van der Waals surface area contributed by atoms with Crippen LogP contribution < -0.4 is 10.6 Å². The number of aromatic nitrogens is 2. The molecule has 1 aromatic heterocycles. The van der Waals surface area contributed by atoms with Crippen molar-refractivity contribution in [2.75, 3.05) is 25.0 Å². The summed E-state index contributed by atoms with van der Waals surface area (Å²) in [5.41, 5.74) is 2.44. The van der Waals surface area contributed by atoms with Crippen LogP contribution in [-0.4, -0.2) is 29.6 Å². The van der Waals surface area contributed by atoms with E-state index in [-0.39, 0.29) is 0 Å². The molecule has 4 nitrogen and oxygen atoms in total. The molecule has 3 rings (SSSR count). The molecule has 0 aliphatic carbocycles. The van der Waals surface area contributed by atoms with E-state index in [1.165, 1.54) is 18.4 Å². The van der Waals surface area contributed by atoms with Gasteiger partial charge in [0.1, 0.15) is 5.82 Å². The molecule has 0 saturated carbocycles. The Balaban J connectivity index is 1.50. The minimum atomic E-state index is 0.518. The highest BCUT2D eigenvalue weighted by Crippen LogP contribution is 2.20. The van der Waals surface area contributed by atoms with Gasteiger partial charge < -0.3 is 10.6 Å². The van der Waals surface area contributed by atoms with E-state index in [1.54, 1.807) is 0 Å². The molecule has 0 bridgehead atoms. The lowest BCUT2D eigenvalue weighted by Crippen LogP contribution is -2.28. The van der Waals surface area contributed by atoms with Crippen LogP contribution in [0.25, 0.3) is 0 Å². The summed E-state index contributed by atoms with van der Waals surface area (Å²) in [6.45, 7) is 3.03. The second-order valence-electron chi connectivity index (χ2n) is 5.53. The van der Waals surface area contributed by atoms with Crippen LogP contribution in [0.5, 0.6) is 0 Å². The maximum Gasteiger partial charge on any atom is 0.144 e. The third kappa shape index (κ3) is 4.02. The fraction of sp³-hybridized carbons (Fsp3) is 0.412. The maximum atomic E-state index is 4.56. The zero-order valence-corrected chi connectivity index (χ0v) is 12.3. The van der Waals surface area contributed by atoms with E-state index in [9.17, 15) is 0 Å². The van der Waals surface area contributed by atoms with Gasteiger partial charge in [-0.15, -0.1) is 0 Å². The molecule has 2 aromatic rings. The van der Waals surface area contributed by atoms with E-state index in [4.69, 9.17) is 0 Å². The average molecular weight is 282 g/mol.